The highest BCUT2D eigenvalue weighted by molar-refractivity contribution is 6.31. The van der Waals surface area contributed by atoms with Gasteiger partial charge in [0.15, 0.2) is 11.3 Å². The Morgan fingerprint density at radius 3 is 2.58 bits per heavy atom. The Balaban J connectivity index is 1.56. The van der Waals surface area contributed by atoms with Gasteiger partial charge in [-0.25, -0.2) is 14.8 Å². The molecule has 6 rings (SSSR count). The van der Waals surface area contributed by atoms with Gasteiger partial charge in [0.1, 0.15) is 5.52 Å². The standard InChI is InChI=1S/C28H21ClN4O5/c1-32-26(35)24(34)22(25-30-20-8-4-5-9-21(20)38-25)31-28(32)33-13-12-15-14-16(27(36)37)10-11-17(15)23(33)18-6-2-3-7-19(18)29/h2-11,14,23,34H,12-13H2,1H3,(H,36,37). The minimum atomic E-state index is -1.00. The number of oxazole rings is 1. The maximum absolute atomic E-state index is 13.2. The van der Waals surface area contributed by atoms with Gasteiger partial charge in [-0.1, -0.05) is 48.0 Å². The number of nitrogens with zero attached hydrogens (tertiary/aromatic N) is 4. The molecule has 2 aromatic heterocycles. The van der Waals surface area contributed by atoms with E-state index in [9.17, 15) is 19.8 Å². The molecule has 0 saturated heterocycles. The molecule has 9 nitrogen and oxygen atoms in total. The van der Waals surface area contributed by atoms with Crippen molar-refractivity contribution in [2.24, 2.45) is 7.05 Å². The van der Waals surface area contributed by atoms with Crippen molar-refractivity contribution in [3.05, 3.63) is 104 Å². The fourth-order valence-electron chi connectivity index (χ4n) is 4.97. The average molecular weight is 529 g/mol. The number of hydrogen-bond acceptors (Lipinski definition) is 7. The van der Waals surface area contributed by atoms with Crippen molar-refractivity contribution in [2.75, 3.05) is 11.4 Å². The van der Waals surface area contributed by atoms with Crippen molar-refractivity contribution >= 4 is 34.6 Å². The third kappa shape index (κ3) is 3.79. The topological polar surface area (TPSA) is 122 Å². The maximum Gasteiger partial charge on any atom is 0.335 e. The van der Waals surface area contributed by atoms with E-state index in [0.29, 0.717) is 29.1 Å². The molecule has 5 aromatic rings. The summed E-state index contributed by atoms with van der Waals surface area (Å²) in [6.07, 6.45) is 0.506. The molecule has 0 bridgehead atoms. The SMILES string of the molecule is Cn1c(N2CCc3cc(C(=O)O)ccc3C2c2ccccc2Cl)nc(-c2nc3ccccc3o2)c(O)c1=O. The first-order chi connectivity index (χ1) is 18.3. The summed E-state index contributed by atoms with van der Waals surface area (Å²) in [5, 5.41) is 20.8. The van der Waals surface area contributed by atoms with Gasteiger partial charge in [0.2, 0.25) is 11.7 Å². The van der Waals surface area contributed by atoms with E-state index in [-0.39, 0.29) is 23.1 Å². The third-order valence-corrected chi connectivity index (χ3v) is 7.16. The molecule has 0 spiro atoms. The van der Waals surface area contributed by atoms with Crippen LogP contribution in [-0.2, 0) is 13.5 Å². The Hall–Kier alpha value is -4.63. The quantitative estimate of drug-likeness (QED) is 0.341. The van der Waals surface area contributed by atoms with Gasteiger partial charge in [0.25, 0.3) is 11.4 Å². The molecule has 190 valence electrons. The maximum atomic E-state index is 13.2. The molecule has 0 amide bonds. The number of carbonyl (C=O) groups is 1. The van der Waals surface area contributed by atoms with E-state index in [1.54, 1.807) is 42.5 Å². The number of para-hydroxylation sites is 2. The molecule has 0 radical (unpaired) electrons. The lowest BCUT2D eigenvalue weighted by atomic mass is 9.87. The lowest BCUT2D eigenvalue weighted by molar-refractivity contribution is 0.0696. The molecule has 1 atom stereocenters. The van der Waals surface area contributed by atoms with E-state index < -0.39 is 23.3 Å². The molecule has 0 fully saturated rings. The lowest BCUT2D eigenvalue weighted by Gasteiger charge is -2.39. The summed E-state index contributed by atoms with van der Waals surface area (Å²) in [6, 6.07) is 19.0. The number of halogens is 1. The van der Waals surface area contributed by atoms with Gasteiger partial charge >= 0.3 is 5.97 Å². The number of aromatic carboxylic acids is 1. The van der Waals surface area contributed by atoms with Crippen LogP contribution in [0.2, 0.25) is 5.02 Å². The molecule has 2 N–H and O–H groups in total. The first-order valence-corrected chi connectivity index (χ1v) is 12.2. The van der Waals surface area contributed by atoms with Gasteiger partial charge in [-0.15, -0.1) is 0 Å². The summed E-state index contributed by atoms with van der Waals surface area (Å²) in [4.78, 5) is 35.9. The van der Waals surface area contributed by atoms with Gasteiger partial charge in [0.05, 0.1) is 11.6 Å². The fraction of sp³-hybridized carbons (Fsp3) is 0.143. The number of fused-ring (bicyclic) bond motifs is 2. The van der Waals surface area contributed by atoms with E-state index in [2.05, 4.69) is 4.98 Å². The zero-order valence-electron chi connectivity index (χ0n) is 20.1. The van der Waals surface area contributed by atoms with Gasteiger partial charge in [-0.2, -0.15) is 0 Å². The molecule has 1 aliphatic rings. The Morgan fingerprint density at radius 1 is 1.05 bits per heavy atom. The number of hydrogen-bond donors (Lipinski definition) is 2. The minimum Gasteiger partial charge on any atom is -0.501 e. The number of carboxylic acids is 1. The minimum absolute atomic E-state index is 0.0282. The molecular weight excluding hydrogens is 508 g/mol. The van der Waals surface area contributed by atoms with Crippen LogP contribution in [0.15, 0.2) is 75.9 Å². The summed E-state index contributed by atoms with van der Waals surface area (Å²) >= 11 is 6.65. The zero-order valence-corrected chi connectivity index (χ0v) is 20.9. The van der Waals surface area contributed by atoms with Crippen molar-refractivity contribution in [3.8, 4) is 17.3 Å². The van der Waals surface area contributed by atoms with Crippen LogP contribution in [-0.4, -0.2) is 37.3 Å². The Kier molecular flexibility index (Phi) is 5.65. The van der Waals surface area contributed by atoms with Gasteiger partial charge in [-0.05, 0) is 53.4 Å². The molecular formula is C28H21ClN4O5. The highest BCUT2D eigenvalue weighted by Gasteiger charge is 2.34. The number of carboxylic acid groups (broad SMARTS) is 1. The van der Waals surface area contributed by atoms with Crippen LogP contribution in [0.5, 0.6) is 5.75 Å². The number of anilines is 1. The predicted molar refractivity (Wildman–Crippen MR) is 142 cm³/mol. The Morgan fingerprint density at radius 2 is 1.82 bits per heavy atom. The Bertz CT molecular complexity index is 1760. The van der Waals surface area contributed by atoms with Gasteiger partial charge in [-0.3, -0.25) is 9.36 Å². The highest BCUT2D eigenvalue weighted by Crippen LogP contribution is 2.41. The second-order valence-corrected chi connectivity index (χ2v) is 9.45. The first kappa shape index (κ1) is 23.7. The van der Waals surface area contributed by atoms with Crippen LogP contribution in [0.1, 0.15) is 33.1 Å². The van der Waals surface area contributed by atoms with E-state index in [0.717, 1.165) is 16.7 Å². The van der Waals surface area contributed by atoms with Crippen molar-refractivity contribution < 1.29 is 19.4 Å². The summed E-state index contributed by atoms with van der Waals surface area (Å²) in [5.74, 6) is -1.26. The molecule has 38 heavy (non-hydrogen) atoms. The second-order valence-electron chi connectivity index (χ2n) is 9.05. The molecule has 10 heteroatoms. The third-order valence-electron chi connectivity index (χ3n) is 6.81. The number of aromatic nitrogens is 3. The monoisotopic (exact) mass is 528 g/mol. The summed E-state index contributed by atoms with van der Waals surface area (Å²) in [5.41, 5.74) is 3.03. The van der Waals surface area contributed by atoms with E-state index in [4.69, 9.17) is 21.0 Å². The molecule has 0 aliphatic carbocycles. The van der Waals surface area contributed by atoms with Crippen molar-refractivity contribution in [1.82, 2.24) is 14.5 Å². The fourth-order valence-corrected chi connectivity index (χ4v) is 5.21. The number of aromatic hydroxyl groups is 1. The molecule has 3 heterocycles. The van der Waals surface area contributed by atoms with Gasteiger partial charge in [0, 0.05) is 18.6 Å². The number of benzene rings is 3. The molecule has 1 aliphatic heterocycles. The molecule has 3 aromatic carbocycles. The van der Waals surface area contributed by atoms with Crippen molar-refractivity contribution in [1.29, 1.82) is 0 Å². The molecule has 1 unspecified atom stereocenters. The normalized spacial score (nSPS) is 15.0. The highest BCUT2D eigenvalue weighted by atomic mass is 35.5. The molecule has 0 saturated carbocycles. The second kappa shape index (κ2) is 9.04. The van der Waals surface area contributed by atoms with Crippen LogP contribution < -0.4 is 10.5 Å². The van der Waals surface area contributed by atoms with Gasteiger partial charge < -0.3 is 19.5 Å². The van der Waals surface area contributed by atoms with Crippen LogP contribution >= 0.6 is 11.6 Å². The summed E-state index contributed by atoms with van der Waals surface area (Å²) < 4.78 is 7.10. The average Bonchev–Trinajstić information content (AvgIpc) is 3.35. The van der Waals surface area contributed by atoms with E-state index in [1.807, 2.05) is 29.2 Å². The zero-order chi connectivity index (χ0) is 26.6. The van der Waals surface area contributed by atoms with Crippen molar-refractivity contribution in [3.63, 3.8) is 0 Å². The van der Waals surface area contributed by atoms with Crippen molar-refractivity contribution in [2.45, 2.75) is 12.5 Å². The lowest BCUT2D eigenvalue weighted by Crippen LogP contribution is -2.40. The predicted octanol–water partition coefficient (Wildman–Crippen LogP) is 4.80. The van der Waals surface area contributed by atoms with Crippen LogP contribution in [0.25, 0.3) is 22.7 Å². The largest absolute Gasteiger partial charge is 0.501 e. The summed E-state index contributed by atoms with van der Waals surface area (Å²) in [7, 11) is 1.53. The summed E-state index contributed by atoms with van der Waals surface area (Å²) in [6.45, 7) is 0.407. The van der Waals surface area contributed by atoms with Crippen LogP contribution in [0.4, 0.5) is 5.95 Å². The van der Waals surface area contributed by atoms with Crippen LogP contribution in [0, 0.1) is 0 Å². The number of rotatable bonds is 4. The van der Waals surface area contributed by atoms with E-state index >= 15 is 0 Å². The van der Waals surface area contributed by atoms with Crippen LogP contribution in [0.3, 0.4) is 0 Å². The first-order valence-electron chi connectivity index (χ1n) is 11.9. The smallest absolute Gasteiger partial charge is 0.335 e. The van der Waals surface area contributed by atoms with E-state index in [1.165, 1.54) is 11.6 Å². The Labute approximate surface area is 221 Å².